The molecule has 4 aromatic rings. The molecule has 1 amide bonds. The molecule has 0 saturated carbocycles. The van der Waals surface area contributed by atoms with Crippen LogP contribution in [0.3, 0.4) is 0 Å². The van der Waals surface area contributed by atoms with Crippen molar-refractivity contribution in [1.29, 1.82) is 0 Å². The van der Waals surface area contributed by atoms with Crippen LogP contribution < -0.4 is 16.8 Å². The fraction of sp³-hybridized carbons (Fsp3) is 0. The lowest BCUT2D eigenvalue weighted by atomic mass is 10.1. The molecule has 0 fully saturated rings. The number of nitrogens with one attached hydrogen (secondary N) is 1. The second kappa shape index (κ2) is 6.86. The molecule has 0 spiro atoms. The summed E-state index contributed by atoms with van der Waals surface area (Å²) < 4.78 is 1.56. The highest BCUT2D eigenvalue weighted by molar-refractivity contribution is 5.94. The van der Waals surface area contributed by atoms with Crippen molar-refractivity contribution in [3.8, 4) is 17.1 Å². The number of hydrogen-bond donors (Lipinski definition) is 2. The molecule has 0 radical (unpaired) electrons. The van der Waals surface area contributed by atoms with Gasteiger partial charge in [0.2, 0.25) is 0 Å². The van der Waals surface area contributed by atoms with Gasteiger partial charge in [-0.3, -0.25) is 19.6 Å². The number of para-hydroxylation sites is 1. The summed E-state index contributed by atoms with van der Waals surface area (Å²) in [5.41, 5.74) is 4.40. The minimum Gasteiger partial charge on any atom is -0.290 e. The Morgan fingerprint density at radius 3 is 2.26 bits per heavy atom. The lowest BCUT2D eigenvalue weighted by molar-refractivity contribution is 0.0953. The van der Waals surface area contributed by atoms with E-state index in [0.717, 1.165) is 5.56 Å². The number of hydrogen-bond acceptors (Lipinski definition) is 4. The minimum absolute atomic E-state index is 0.171. The summed E-state index contributed by atoms with van der Waals surface area (Å²) in [6, 6.07) is 23.4. The van der Waals surface area contributed by atoms with Crippen molar-refractivity contribution in [2.45, 2.75) is 0 Å². The predicted octanol–water partition coefficient (Wildman–Crippen LogP) is 2.66. The Morgan fingerprint density at radius 2 is 1.56 bits per heavy atom. The van der Waals surface area contributed by atoms with Crippen molar-refractivity contribution in [3.63, 3.8) is 0 Å². The molecule has 1 aromatic heterocycles. The quantitative estimate of drug-likeness (QED) is 0.335. The van der Waals surface area contributed by atoms with E-state index < -0.39 is 5.91 Å². The second-order valence-corrected chi connectivity index (χ2v) is 5.98. The molecule has 3 N–H and O–H groups in total. The van der Waals surface area contributed by atoms with Crippen LogP contribution in [0, 0.1) is 0 Å². The number of nitrogens with two attached hydrogens (primary N) is 1. The molecule has 6 nitrogen and oxygen atoms in total. The van der Waals surface area contributed by atoms with E-state index in [2.05, 4.69) is 5.43 Å². The number of carbonyl (C=O) groups excluding carboxylic acids is 1. The zero-order chi connectivity index (χ0) is 18.8. The first-order valence-electron chi connectivity index (χ1n) is 8.37. The highest BCUT2D eigenvalue weighted by Crippen LogP contribution is 2.22. The fourth-order valence-corrected chi connectivity index (χ4v) is 3.00. The normalized spacial score (nSPS) is 10.7. The summed E-state index contributed by atoms with van der Waals surface area (Å²) in [7, 11) is 0. The van der Waals surface area contributed by atoms with Crippen molar-refractivity contribution in [2.24, 2.45) is 5.84 Å². The van der Waals surface area contributed by atoms with Crippen LogP contribution in [-0.4, -0.2) is 15.5 Å². The molecular weight excluding hydrogens is 340 g/mol. The molecule has 3 aromatic carbocycles. The molecule has 1 heterocycles. The van der Waals surface area contributed by atoms with Gasteiger partial charge in [0, 0.05) is 11.1 Å². The number of hydrazine groups is 1. The Labute approximate surface area is 154 Å². The summed E-state index contributed by atoms with van der Waals surface area (Å²) in [4.78, 5) is 29.6. The SMILES string of the molecule is NNC(=O)c1ccc(-n2c(-c3ccccc3)nc3ccccc3c2=O)cc1. The fourth-order valence-electron chi connectivity index (χ4n) is 3.00. The van der Waals surface area contributed by atoms with Crippen LogP contribution in [0.1, 0.15) is 10.4 Å². The summed E-state index contributed by atoms with van der Waals surface area (Å²) in [5.74, 6) is 5.32. The summed E-state index contributed by atoms with van der Waals surface area (Å²) >= 11 is 0. The van der Waals surface area contributed by atoms with Gasteiger partial charge in [-0.15, -0.1) is 0 Å². The van der Waals surface area contributed by atoms with Gasteiger partial charge in [0.1, 0.15) is 5.82 Å². The van der Waals surface area contributed by atoms with E-state index >= 15 is 0 Å². The zero-order valence-electron chi connectivity index (χ0n) is 14.3. The number of fused-ring (bicyclic) bond motifs is 1. The van der Waals surface area contributed by atoms with E-state index in [4.69, 9.17) is 10.8 Å². The molecule has 132 valence electrons. The molecule has 27 heavy (non-hydrogen) atoms. The van der Waals surface area contributed by atoms with Crippen LogP contribution in [0.15, 0.2) is 83.7 Å². The third kappa shape index (κ3) is 2.98. The largest absolute Gasteiger partial charge is 0.290 e. The van der Waals surface area contributed by atoms with Crippen LogP contribution in [0.2, 0.25) is 0 Å². The van der Waals surface area contributed by atoms with Gasteiger partial charge in [-0.25, -0.2) is 10.8 Å². The standard InChI is InChI=1S/C21H16N4O2/c22-24-20(26)15-10-12-16(13-11-15)25-19(14-6-2-1-3-7-14)23-18-9-5-4-8-17(18)21(25)27/h1-13H,22H2,(H,24,26). The first-order chi connectivity index (χ1) is 13.2. The van der Waals surface area contributed by atoms with Crippen molar-refractivity contribution >= 4 is 16.8 Å². The Balaban J connectivity index is 1.99. The number of aromatic nitrogens is 2. The molecule has 0 aliphatic carbocycles. The summed E-state index contributed by atoms with van der Waals surface area (Å²) in [5, 5.41) is 0.529. The number of nitrogen functional groups attached to an aromatic ring is 1. The second-order valence-electron chi connectivity index (χ2n) is 5.98. The van der Waals surface area contributed by atoms with Crippen molar-refractivity contribution in [3.05, 3.63) is 94.8 Å². The van der Waals surface area contributed by atoms with Gasteiger partial charge >= 0.3 is 0 Å². The van der Waals surface area contributed by atoms with Crippen LogP contribution in [-0.2, 0) is 0 Å². The molecule has 0 saturated heterocycles. The average Bonchev–Trinajstić information content (AvgIpc) is 2.74. The maximum Gasteiger partial charge on any atom is 0.266 e. The van der Waals surface area contributed by atoms with Gasteiger partial charge in [0.05, 0.1) is 16.6 Å². The van der Waals surface area contributed by atoms with Crippen molar-refractivity contribution in [1.82, 2.24) is 15.0 Å². The molecule has 0 aliphatic rings. The molecule has 0 atom stereocenters. The zero-order valence-corrected chi connectivity index (χ0v) is 14.3. The number of carbonyl (C=O) groups is 1. The van der Waals surface area contributed by atoms with E-state index in [-0.39, 0.29) is 5.56 Å². The Kier molecular flexibility index (Phi) is 4.24. The van der Waals surface area contributed by atoms with Crippen molar-refractivity contribution in [2.75, 3.05) is 0 Å². The predicted molar refractivity (Wildman–Crippen MR) is 104 cm³/mol. The Morgan fingerprint density at radius 1 is 0.889 bits per heavy atom. The first-order valence-corrected chi connectivity index (χ1v) is 8.37. The number of benzene rings is 3. The number of amides is 1. The van der Waals surface area contributed by atoms with Crippen LogP contribution in [0.25, 0.3) is 28.0 Å². The molecule has 6 heteroatoms. The maximum absolute atomic E-state index is 13.2. The number of nitrogens with zero attached hydrogens (tertiary/aromatic N) is 2. The highest BCUT2D eigenvalue weighted by Gasteiger charge is 2.14. The minimum atomic E-state index is -0.395. The van der Waals surface area contributed by atoms with Gasteiger partial charge in [0.15, 0.2) is 0 Å². The van der Waals surface area contributed by atoms with Crippen LogP contribution in [0.4, 0.5) is 0 Å². The molecule has 0 bridgehead atoms. The van der Waals surface area contributed by atoms with E-state index in [1.165, 1.54) is 0 Å². The van der Waals surface area contributed by atoms with Gasteiger partial charge in [0.25, 0.3) is 11.5 Å². The van der Waals surface area contributed by atoms with Crippen LogP contribution in [0.5, 0.6) is 0 Å². The van der Waals surface area contributed by atoms with Crippen LogP contribution >= 0.6 is 0 Å². The monoisotopic (exact) mass is 356 g/mol. The van der Waals surface area contributed by atoms with E-state index in [9.17, 15) is 9.59 Å². The lowest BCUT2D eigenvalue weighted by Crippen LogP contribution is -2.30. The van der Waals surface area contributed by atoms with Gasteiger partial charge in [-0.2, -0.15) is 0 Å². The smallest absolute Gasteiger partial charge is 0.266 e. The third-order valence-electron chi connectivity index (χ3n) is 4.33. The van der Waals surface area contributed by atoms with E-state index in [1.54, 1.807) is 34.9 Å². The molecule has 0 unspecified atom stereocenters. The lowest BCUT2D eigenvalue weighted by Gasteiger charge is -2.14. The average molecular weight is 356 g/mol. The van der Waals surface area contributed by atoms with E-state index in [1.807, 2.05) is 48.5 Å². The maximum atomic E-state index is 13.2. The summed E-state index contributed by atoms with van der Waals surface area (Å²) in [6.45, 7) is 0. The molecule has 4 rings (SSSR count). The Hall–Kier alpha value is -3.77. The highest BCUT2D eigenvalue weighted by atomic mass is 16.2. The molecular formula is C21H16N4O2. The number of rotatable bonds is 3. The Bertz CT molecular complexity index is 1180. The van der Waals surface area contributed by atoms with Gasteiger partial charge < -0.3 is 0 Å². The van der Waals surface area contributed by atoms with Gasteiger partial charge in [-0.05, 0) is 36.4 Å². The summed E-state index contributed by atoms with van der Waals surface area (Å²) in [6.07, 6.45) is 0. The van der Waals surface area contributed by atoms with E-state index in [0.29, 0.717) is 28.0 Å². The van der Waals surface area contributed by atoms with Crippen molar-refractivity contribution < 1.29 is 4.79 Å². The van der Waals surface area contributed by atoms with Gasteiger partial charge in [-0.1, -0.05) is 42.5 Å². The molecule has 0 aliphatic heterocycles. The topological polar surface area (TPSA) is 90.0 Å². The third-order valence-corrected chi connectivity index (χ3v) is 4.33. The first kappa shape index (κ1) is 16.7.